The first-order valence-electron chi connectivity index (χ1n) is 7.59. The smallest absolute Gasteiger partial charge is 0.0585 e. The Morgan fingerprint density at radius 1 is 1.25 bits per heavy atom. The molecule has 20 heavy (non-hydrogen) atoms. The summed E-state index contributed by atoms with van der Waals surface area (Å²) in [6.07, 6.45) is 3.58. The molecule has 0 aliphatic heterocycles. The minimum absolute atomic E-state index is 0.222. The van der Waals surface area contributed by atoms with Crippen LogP contribution >= 0.6 is 11.8 Å². The van der Waals surface area contributed by atoms with Gasteiger partial charge in [-0.05, 0) is 48.1 Å². The maximum Gasteiger partial charge on any atom is 0.0585 e. The van der Waals surface area contributed by atoms with Gasteiger partial charge in [-0.25, -0.2) is 0 Å². The van der Waals surface area contributed by atoms with Crippen LogP contribution in [0.2, 0.25) is 0 Å². The van der Waals surface area contributed by atoms with Crippen LogP contribution in [0.15, 0.2) is 29.2 Å². The molecule has 0 spiro atoms. The third-order valence-electron chi connectivity index (χ3n) is 3.72. The Morgan fingerprint density at radius 3 is 2.40 bits per heavy atom. The van der Waals surface area contributed by atoms with Gasteiger partial charge in [-0.1, -0.05) is 32.9 Å². The summed E-state index contributed by atoms with van der Waals surface area (Å²) < 4.78 is 0. The highest BCUT2D eigenvalue weighted by molar-refractivity contribution is 7.99. The van der Waals surface area contributed by atoms with E-state index >= 15 is 0 Å². The summed E-state index contributed by atoms with van der Waals surface area (Å²) in [6.45, 7) is 6.97. The van der Waals surface area contributed by atoms with E-state index in [2.05, 4.69) is 50.4 Å². The molecule has 112 valence electrons. The number of hydrogen-bond acceptors (Lipinski definition) is 3. The van der Waals surface area contributed by atoms with Crippen molar-refractivity contribution in [2.24, 2.45) is 0 Å². The summed E-state index contributed by atoms with van der Waals surface area (Å²) >= 11 is 1.88. The monoisotopic (exact) mass is 293 g/mol. The Bertz CT molecular complexity index is 406. The molecule has 0 aromatic heterocycles. The highest BCUT2D eigenvalue weighted by atomic mass is 32.2. The first-order chi connectivity index (χ1) is 9.49. The fraction of sp³-hybridized carbons (Fsp3) is 0.647. The van der Waals surface area contributed by atoms with Gasteiger partial charge in [0.1, 0.15) is 0 Å². The Morgan fingerprint density at radius 2 is 1.90 bits per heavy atom. The van der Waals surface area contributed by atoms with Gasteiger partial charge < -0.3 is 10.4 Å². The summed E-state index contributed by atoms with van der Waals surface area (Å²) in [5.41, 5.74) is 1.60. The molecule has 1 fully saturated rings. The van der Waals surface area contributed by atoms with Crippen molar-refractivity contribution in [2.45, 2.75) is 62.4 Å². The van der Waals surface area contributed by atoms with E-state index in [4.69, 9.17) is 0 Å². The van der Waals surface area contributed by atoms with E-state index in [1.165, 1.54) is 23.3 Å². The second-order valence-electron chi connectivity index (χ2n) is 6.73. The quantitative estimate of drug-likeness (QED) is 0.754. The summed E-state index contributed by atoms with van der Waals surface area (Å²) in [7, 11) is 0. The zero-order chi connectivity index (χ0) is 14.6. The minimum atomic E-state index is 0.222. The van der Waals surface area contributed by atoms with E-state index in [9.17, 15) is 5.11 Å². The Labute approximate surface area is 127 Å². The lowest BCUT2D eigenvalue weighted by molar-refractivity contribution is 0.239. The molecule has 2 rings (SSSR count). The molecular weight excluding hydrogens is 266 g/mol. The van der Waals surface area contributed by atoms with E-state index in [1.54, 1.807) is 0 Å². The van der Waals surface area contributed by atoms with E-state index in [0.717, 1.165) is 12.2 Å². The first kappa shape index (κ1) is 15.9. The Hall–Kier alpha value is -0.510. The number of thioether (sulfide) groups is 1. The highest BCUT2D eigenvalue weighted by Crippen LogP contribution is 2.26. The van der Waals surface area contributed by atoms with Crippen molar-refractivity contribution < 1.29 is 5.11 Å². The topological polar surface area (TPSA) is 32.3 Å². The van der Waals surface area contributed by atoms with Gasteiger partial charge in [0.25, 0.3) is 0 Å². The van der Waals surface area contributed by atoms with Gasteiger partial charge in [0.15, 0.2) is 0 Å². The molecule has 0 radical (unpaired) electrons. The van der Waals surface area contributed by atoms with Crippen molar-refractivity contribution in [2.75, 3.05) is 12.4 Å². The second kappa shape index (κ2) is 6.97. The molecule has 1 aromatic rings. The normalized spacial score (nSPS) is 17.2. The van der Waals surface area contributed by atoms with Crippen LogP contribution in [0.25, 0.3) is 0 Å². The summed E-state index contributed by atoms with van der Waals surface area (Å²) in [6, 6.07) is 9.83. The SMILES string of the molecule is CC(C)(C)c1ccc(SCCC(CO)NC2CC2)cc1. The van der Waals surface area contributed by atoms with Crippen LogP contribution < -0.4 is 5.32 Å². The van der Waals surface area contributed by atoms with Crippen LogP contribution in [0.4, 0.5) is 0 Å². The van der Waals surface area contributed by atoms with Crippen LogP contribution in [-0.4, -0.2) is 29.5 Å². The first-order valence-corrected chi connectivity index (χ1v) is 8.58. The van der Waals surface area contributed by atoms with Gasteiger partial charge in [0, 0.05) is 17.0 Å². The van der Waals surface area contributed by atoms with Crippen LogP contribution in [-0.2, 0) is 5.41 Å². The van der Waals surface area contributed by atoms with E-state index in [0.29, 0.717) is 6.04 Å². The Kier molecular flexibility index (Phi) is 5.53. The molecule has 0 heterocycles. The third-order valence-corrected chi connectivity index (χ3v) is 4.77. The summed E-state index contributed by atoms with van der Waals surface area (Å²) in [5.74, 6) is 1.06. The number of aliphatic hydroxyl groups is 1. The van der Waals surface area contributed by atoms with Crippen LogP contribution in [0.1, 0.15) is 45.6 Å². The van der Waals surface area contributed by atoms with Gasteiger partial charge in [-0.15, -0.1) is 11.8 Å². The lowest BCUT2D eigenvalue weighted by atomic mass is 9.87. The average molecular weight is 293 g/mol. The number of hydrogen-bond donors (Lipinski definition) is 2. The predicted molar refractivity (Wildman–Crippen MR) is 87.5 cm³/mol. The lowest BCUT2D eigenvalue weighted by Gasteiger charge is -2.19. The van der Waals surface area contributed by atoms with Gasteiger partial charge in [-0.2, -0.15) is 0 Å². The molecular formula is C17H27NOS. The molecule has 1 atom stereocenters. The fourth-order valence-corrected chi connectivity index (χ4v) is 3.15. The number of aliphatic hydroxyl groups excluding tert-OH is 1. The summed E-state index contributed by atoms with van der Waals surface area (Å²) in [4.78, 5) is 1.32. The molecule has 2 N–H and O–H groups in total. The van der Waals surface area contributed by atoms with Gasteiger partial charge in [0.05, 0.1) is 6.61 Å². The van der Waals surface area contributed by atoms with Crippen molar-refractivity contribution >= 4 is 11.8 Å². The third kappa shape index (κ3) is 5.12. The van der Waals surface area contributed by atoms with Gasteiger partial charge in [0.2, 0.25) is 0 Å². The predicted octanol–water partition coefficient (Wildman–Crippen LogP) is 3.58. The zero-order valence-electron chi connectivity index (χ0n) is 12.9. The van der Waals surface area contributed by atoms with Crippen molar-refractivity contribution in [3.63, 3.8) is 0 Å². The number of rotatable bonds is 7. The molecule has 1 unspecified atom stereocenters. The van der Waals surface area contributed by atoms with Crippen molar-refractivity contribution in [1.29, 1.82) is 0 Å². The fourth-order valence-electron chi connectivity index (χ4n) is 2.18. The second-order valence-corrected chi connectivity index (χ2v) is 7.90. The number of nitrogens with one attached hydrogen (secondary N) is 1. The molecule has 1 aliphatic carbocycles. The lowest BCUT2D eigenvalue weighted by Crippen LogP contribution is -2.34. The standard InChI is InChI=1S/C17H27NOS/c1-17(2,3)13-4-8-16(9-5-13)20-11-10-15(12-19)18-14-6-7-14/h4-5,8-9,14-15,18-19H,6-7,10-12H2,1-3H3. The average Bonchev–Trinajstić information content (AvgIpc) is 3.21. The molecule has 3 heteroatoms. The Balaban J connectivity index is 1.75. The zero-order valence-corrected chi connectivity index (χ0v) is 13.7. The molecule has 2 nitrogen and oxygen atoms in total. The van der Waals surface area contributed by atoms with Crippen LogP contribution in [0.3, 0.4) is 0 Å². The van der Waals surface area contributed by atoms with Crippen molar-refractivity contribution in [3.05, 3.63) is 29.8 Å². The van der Waals surface area contributed by atoms with Crippen molar-refractivity contribution in [1.82, 2.24) is 5.32 Å². The molecule has 0 amide bonds. The molecule has 1 aliphatic rings. The molecule has 1 saturated carbocycles. The van der Waals surface area contributed by atoms with Crippen molar-refractivity contribution in [3.8, 4) is 0 Å². The van der Waals surface area contributed by atoms with E-state index in [-0.39, 0.29) is 18.1 Å². The van der Waals surface area contributed by atoms with Crippen LogP contribution in [0.5, 0.6) is 0 Å². The maximum atomic E-state index is 9.35. The maximum absolute atomic E-state index is 9.35. The summed E-state index contributed by atoms with van der Waals surface area (Å²) in [5, 5.41) is 12.8. The van der Waals surface area contributed by atoms with Crippen LogP contribution in [0, 0.1) is 0 Å². The van der Waals surface area contributed by atoms with E-state index in [1.807, 2.05) is 11.8 Å². The highest BCUT2D eigenvalue weighted by Gasteiger charge is 2.23. The molecule has 1 aromatic carbocycles. The van der Waals surface area contributed by atoms with Gasteiger partial charge in [-0.3, -0.25) is 0 Å². The largest absolute Gasteiger partial charge is 0.395 e. The van der Waals surface area contributed by atoms with E-state index < -0.39 is 0 Å². The molecule has 0 saturated heterocycles. The van der Waals surface area contributed by atoms with Gasteiger partial charge >= 0.3 is 0 Å². The minimum Gasteiger partial charge on any atom is -0.395 e. The number of benzene rings is 1. The molecule has 0 bridgehead atoms.